The summed E-state index contributed by atoms with van der Waals surface area (Å²) in [6, 6.07) is -0.470. The molecule has 0 aliphatic heterocycles. The van der Waals surface area contributed by atoms with Gasteiger partial charge in [0.15, 0.2) is 0 Å². The van der Waals surface area contributed by atoms with Gasteiger partial charge in [0.1, 0.15) is 6.33 Å². The zero-order chi connectivity index (χ0) is 18.2. The van der Waals surface area contributed by atoms with Crippen LogP contribution in [0, 0.1) is 0 Å². The number of methoxy groups -OCH3 is 1. The molecular formula is C14H23N5O4S. The number of hydrogen-bond donors (Lipinski definition) is 0. The van der Waals surface area contributed by atoms with E-state index in [9.17, 15) is 13.2 Å². The Morgan fingerprint density at radius 2 is 2.00 bits per heavy atom. The third kappa shape index (κ3) is 4.73. The zero-order valence-corrected chi connectivity index (χ0v) is 14.8. The van der Waals surface area contributed by atoms with Crippen LogP contribution in [-0.2, 0) is 14.8 Å². The maximum Gasteiger partial charge on any atom is 0.346 e. The standard InChI is InChI=1S/C14H23N5O4S/c1-5-8-18(9-6-2)24(21,22)13-15-12-19(16-13)14(20)17(7-3)10-11-23-4/h5-6,12H,1-2,7-11H2,3-4H3. The van der Waals surface area contributed by atoms with Crippen molar-refractivity contribution in [3.63, 3.8) is 0 Å². The van der Waals surface area contributed by atoms with Gasteiger partial charge in [0, 0.05) is 33.3 Å². The normalized spacial score (nSPS) is 11.5. The molecule has 0 saturated heterocycles. The molecule has 1 aromatic heterocycles. The van der Waals surface area contributed by atoms with Gasteiger partial charge >= 0.3 is 6.03 Å². The summed E-state index contributed by atoms with van der Waals surface area (Å²) in [5.74, 6) is 0. The van der Waals surface area contributed by atoms with Crippen LogP contribution in [0.2, 0.25) is 0 Å². The van der Waals surface area contributed by atoms with Crippen LogP contribution in [0.1, 0.15) is 6.92 Å². The highest BCUT2D eigenvalue weighted by atomic mass is 32.2. The largest absolute Gasteiger partial charge is 0.383 e. The molecule has 0 unspecified atom stereocenters. The molecule has 134 valence electrons. The Balaban J connectivity index is 3.03. The van der Waals surface area contributed by atoms with Gasteiger partial charge in [0.2, 0.25) is 0 Å². The van der Waals surface area contributed by atoms with Crippen molar-refractivity contribution in [1.29, 1.82) is 0 Å². The summed E-state index contributed by atoms with van der Waals surface area (Å²) in [7, 11) is -2.40. The zero-order valence-electron chi connectivity index (χ0n) is 14.0. The van der Waals surface area contributed by atoms with Crippen molar-refractivity contribution in [3.05, 3.63) is 31.6 Å². The fourth-order valence-corrected chi connectivity index (χ4v) is 3.07. The minimum atomic E-state index is -3.94. The average Bonchev–Trinajstić information content (AvgIpc) is 3.06. The first-order chi connectivity index (χ1) is 11.4. The summed E-state index contributed by atoms with van der Waals surface area (Å²) in [4.78, 5) is 17.6. The molecule has 1 amide bonds. The first kappa shape index (κ1) is 20.0. The second-order valence-corrected chi connectivity index (χ2v) is 6.56. The second kappa shape index (κ2) is 9.30. The summed E-state index contributed by atoms with van der Waals surface area (Å²) in [5, 5.41) is 3.38. The molecule has 0 fully saturated rings. The quantitative estimate of drug-likeness (QED) is 0.568. The lowest BCUT2D eigenvalue weighted by Crippen LogP contribution is -2.37. The molecule has 24 heavy (non-hydrogen) atoms. The van der Waals surface area contributed by atoms with Crippen LogP contribution in [0.4, 0.5) is 4.79 Å². The minimum Gasteiger partial charge on any atom is -0.383 e. The topological polar surface area (TPSA) is 97.6 Å². The molecule has 1 rings (SSSR count). The minimum absolute atomic E-state index is 0.0891. The van der Waals surface area contributed by atoms with Gasteiger partial charge in [-0.3, -0.25) is 0 Å². The van der Waals surface area contributed by atoms with E-state index in [1.807, 2.05) is 0 Å². The first-order valence-electron chi connectivity index (χ1n) is 7.34. The van der Waals surface area contributed by atoms with Crippen molar-refractivity contribution < 1.29 is 17.9 Å². The first-order valence-corrected chi connectivity index (χ1v) is 8.78. The average molecular weight is 357 g/mol. The van der Waals surface area contributed by atoms with E-state index >= 15 is 0 Å². The molecule has 0 aromatic carbocycles. The van der Waals surface area contributed by atoms with E-state index in [2.05, 4.69) is 23.2 Å². The summed E-state index contributed by atoms with van der Waals surface area (Å²) in [6.07, 6.45) is 3.99. The van der Waals surface area contributed by atoms with Crippen LogP contribution in [0.5, 0.6) is 0 Å². The van der Waals surface area contributed by atoms with Crippen molar-refractivity contribution in [2.75, 3.05) is 39.9 Å². The van der Waals surface area contributed by atoms with E-state index in [4.69, 9.17) is 4.74 Å². The van der Waals surface area contributed by atoms with Crippen molar-refractivity contribution in [2.45, 2.75) is 12.1 Å². The lowest BCUT2D eigenvalue weighted by molar-refractivity contribution is 0.150. The Morgan fingerprint density at radius 3 is 2.50 bits per heavy atom. The van der Waals surface area contributed by atoms with Gasteiger partial charge in [-0.25, -0.2) is 18.2 Å². The molecule has 1 heterocycles. The smallest absolute Gasteiger partial charge is 0.346 e. The van der Waals surface area contributed by atoms with E-state index in [0.29, 0.717) is 19.7 Å². The SMILES string of the molecule is C=CCN(CC=C)S(=O)(=O)c1ncn(C(=O)N(CC)CCOC)n1. The van der Waals surface area contributed by atoms with Gasteiger partial charge in [-0.15, -0.1) is 18.3 Å². The van der Waals surface area contributed by atoms with Gasteiger partial charge < -0.3 is 9.64 Å². The maximum absolute atomic E-state index is 12.5. The van der Waals surface area contributed by atoms with Crippen LogP contribution in [0.25, 0.3) is 0 Å². The molecule has 0 atom stereocenters. The summed E-state index contributed by atoms with van der Waals surface area (Å²) < 4.78 is 32.0. The number of carbonyl (C=O) groups is 1. The molecule has 10 heteroatoms. The molecule has 0 saturated carbocycles. The van der Waals surface area contributed by atoms with Gasteiger partial charge in [0.05, 0.1) is 6.61 Å². The number of hydrogen-bond acceptors (Lipinski definition) is 6. The Bertz CT molecular complexity index is 660. The number of aromatic nitrogens is 3. The van der Waals surface area contributed by atoms with E-state index in [1.165, 1.54) is 24.2 Å². The molecule has 0 N–H and O–H groups in total. The van der Waals surface area contributed by atoms with Crippen LogP contribution in [0.3, 0.4) is 0 Å². The highest BCUT2D eigenvalue weighted by Gasteiger charge is 2.28. The molecule has 0 aliphatic carbocycles. The third-order valence-electron chi connectivity index (χ3n) is 3.12. The highest BCUT2D eigenvalue weighted by molar-refractivity contribution is 7.89. The molecular weight excluding hydrogens is 334 g/mol. The Morgan fingerprint density at radius 1 is 1.38 bits per heavy atom. The number of likely N-dealkylation sites (N-methyl/N-ethyl adjacent to an activating group) is 1. The lowest BCUT2D eigenvalue weighted by Gasteiger charge is -2.19. The Kier molecular flexibility index (Phi) is 7.75. The summed E-state index contributed by atoms with van der Waals surface area (Å²) in [6.45, 7) is 10.2. The third-order valence-corrected chi connectivity index (χ3v) is 4.75. The molecule has 9 nitrogen and oxygen atoms in total. The lowest BCUT2D eigenvalue weighted by atomic mass is 10.5. The number of ether oxygens (including phenoxy) is 1. The maximum atomic E-state index is 12.5. The van der Waals surface area contributed by atoms with Gasteiger partial charge in [-0.2, -0.15) is 8.99 Å². The molecule has 1 aromatic rings. The Labute approximate surface area is 142 Å². The Hall–Kier alpha value is -2.04. The summed E-state index contributed by atoms with van der Waals surface area (Å²) in [5.41, 5.74) is 0. The fraction of sp³-hybridized carbons (Fsp3) is 0.500. The molecule has 0 spiro atoms. The predicted molar refractivity (Wildman–Crippen MR) is 89.1 cm³/mol. The van der Waals surface area contributed by atoms with E-state index in [-0.39, 0.29) is 13.1 Å². The van der Waals surface area contributed by atoms with Crippen molar-refractivity contribution in [3.8, 4) is 0 Å². The number of carbonyl (C=O) groups excluding carboxylic acids is 1. The van der Waals surface area contributed by atoms with Crippen molar-refractivity contribution in [2.24, 2.45) is 0 Å². The molecule has 0 aliphatic rings. The van der Waals surface area contributed by atoms with Crippen molar-refractivity contribution >= 4 is 16.1 Å². The van der Waals surface area contributed by atoms with Gasteiger partial charge in [-0.1, -0.05) is 12.2 Å². The summed E-state index contributed by atoms with van der Waals surface area (Å²) >= 11 is 0. The van der Waals surface area contributed by atoms with Crippen molar-refractivity contribution in [1.82, 2.24) is 24.0 Å². The van der Waals surface area contributed by atoms with Gasteiger partial charge in [-0.05, 0) is 6.92 Å². The number of rotatable bonds is 10. The monoisotopic (exact) mass is 357 g/mol. The number of sulfonamides is 1. The molecule has 0 bridgehead atoms. The van der Waals surface area contributed by atoms with Crippen LogP contribution in [-0.4, -0.2) is 78.3 Å². The van der Waals surface area contributed by atoms with E-state index in [1.54, 1.807) is 6.92 Å². The molecule has 0 radical (unpaired) electrons. The fourth-order valence-electron chi connectivity index (χ4n) is 1.87. The number of amides is 1. The predicted octanol–water partition coefficient (Wildman–Crippen LogP) is 0.577. The van der Waals surface area contributed by atoms with E-state index in [0.717, 1.165) is 15.3 Å². The van der Waals surface area contributed by atoms with Crippen LogP contribution < -0.4 is 0 Å². The number of nitrogens with zero attached hydrogens (tertiary/aromatic N) is 5. The van der Waals surface area contributed by atoms with Crippen LogP contribution >= 0.6 is 0 Å². The van der Waals surface area contributed by atoms with E-state index < -0.39 is 21.2 Å². The van der Waals surface area contributed by atoms with Crippen LogP contribution in [0.15, 0.2) is 36.8 Å². The highest BCUT2D eigenvalue weighted by Crippen LogP contribution is 2.11. The van der Waals surface area contributed by atoms with Gasteiger partial charge in [0.25, 0.3) is 15.2 Å². The second-order valence-electron chi connectivity index (χ2n) is 4.73.